The Balaban J connectivity index is 1.40. The Bertz CT molecular complexity index is 1110. The monoisotopic (exact) mass is 398 g/mol. The van der Waals surface area contributed by atoms with Gasteiger partial charge in [0.2, 0.25) is 12.7 Å². The predicted octanol–water partition coefficient (Wildman–Crippen LogP) is 2.81. The number of ether oxygens (including phenoxy) is 2. The Kier molecular flexibility index (Phi) is 4.82. The molecule has 0 fully saturated rings. The lowest BCUT2D eigenvalue weighted by atomic mass is 10.1. The summed E-state index contributed by atoms with van der Waals surface area (Å²) in [6, 6.07) is 5.60. The second kappa shape index (κ2) is 7.43. The number of aromatic nitrogens is 3. The van der Waals surface area contributed by atoms with Crippen molar-refractivity contribution in [1.82, 2.24) is 15.0 Å². The van der Waals surface area contributed by atoms with E-state index in [1.165, 1.54) is 11.3 Å². The molecule has 0 spiro atoms. The summed E-state index contributed by atoms with van der Waals surface area (Å²) >= 11 is 1.34. The minimum Gasteiger partial charge on any atom is -0.454 e. The molecule has 3 heterocycles. The number of hydrogen-bond acceptors (Lipinski definition) is 7. The van der Waals surface area contributed by atoms with Gasteiger partial charge in [0.1, 0.15) is 5.82 Å². The summed E-state index contributed by atoms with van der Waals surface area (Å²) < 4.78 is 10.7. The molecule has 2 aromatic heterocycles. The van der Waals surface area contributed by atoms with Crippen molar-refractivity contribution in [2.45, 2.75) is 26.7 Å². The van der Waals surface area contributed by atoms with Crippen molar-refractivity contribution in [3.63, 3.8) is 0 Å². The van der Waals surface area contributed by atoms with Crippen molar-refractivity contribution >= 4 is 22.4 Å². The molecule has 0 saturated heterocycles. The summed E-state index contributed by atoms with van der Waals surface area (Å²) in [6.45, 7) is 3.72. The van der Waals surface area contributed by atoms with E-state index in [2.05, 4.69) is 20.3 Å². The first-order chi connectivity index (χ1) is 13.5. The number of anilines is 1. The van der Waals surface area contributed by atoms with Crippen LogP contribution in [0.4, 0.5) is 5.13 Å². The largest absolute Gasteiger partial charge is 0.454 e. The van der Waals surface area contributed by atoms with Crippen LogP contribution in [0.3, 0.4) is 0 Å². The van der Waals surface area contributed by atoms with E-state index in [1.807, 2.05) is 23.6 Å². The normalized spacial score (nSPS) is 12.2. The molecular weight excluding hydrogens is 380 g/mol. The number of H-pyrrole nitrogens is 1. The lowest BCUT2D eigenvalue weighted by Crippen LogP contribution is -2.20. The number of thiazole rings is 1. The maximum atomic E-state index is 12.3. The van der Waals surface area contributed by atoms with E-state index in [9.17, 15) is 9.59 Å². The summed E-state index contributed by atoms with van der Waals surface area (Å²) in [5.41, 5.74) is 2.61. The van der Waals surface area contributed by atoms with Crippen molar-refractivity contribution in [3.05, 3.63) is 51.0 Å². The first-order valence-corrected chi connectivity index (χ1v) is 9.59. The van der Waals surface area contributed by atoms with Crippen LogP contribution < -0.4 is 20.3 Å². The molecule has 144 valence electrons. The summed E-state index contributed by atoms with van der Waals surface area (Å²) in [7, 11) is 0. The van der Waals surface area contributed by atoms with Gasteiger partial charge in [0.05, 0.1) is 5.69 Å². The molecule has 1 amide bonds. The van der Waals surface area contributed by atoms with Crippen molar-refractivity contribution in [1.29, 1.82) is 0 Å². The zero-order valence-corrected chi connectivity index (χ0v) is 16.2. The van der Waals surface area contributed by atoms with Crippen LogP contribution in [0.15, 0.2) is 28.4 Å². The van der Waals surface area contributed by atoms with E-state index < -0.39 is 0 Å². The van der Waals surface area contributed by atoms with Gasteiger partial charge in [-0.2, -0.15) is 0 Å². The first kappa shape index (κ1) is 18.2. The van der Waals surface area contributed by atoms with Crippen LogP contribution in [0.25, 0.3) is 11.3 Å². The van der Waals surface area contributed by atoms with Crippen molar-refractivity contribution < 1.29 is 14.3 Å². The van der Waals surface area contributed by atoms with E-state index >= 15 is 0 Å². The standard InChI is InChI=1S/C19H18N4O4S/c1-10-13(18(25)21-11(2)20-10)4-6-17(24)23-19-22-14(8-28-19)12-3-5-15-16(7-12)27-9-26-15/h3,5,7-8H,4,6,9H2,1-2H3,(H,20,21,25)(H,22,23,24). The Labute approximate surface area is 164 Å². The number of nitrogens with one attached hydrogen (secondary N) is 2. The molecule has 4 rings (SSSR count). The third kappa shape index (κ3) is 3.74. The third-order valence-corrected chi connectivity index (χ3v) is 5.12. The molecule has 1 aliphatic heterocycles. The number of fused-ring (bicyclic) bond motifs is 1. The fourth-order valence-electron chi connectivity index (χ4n) is 2.99. The highest BCUT2D eigenvalue weighted by Crippen LogP contribution is 2.36. The molecule has 1 aliphatic rings. The van der Waals surface area contributed by atoms with Crippen LogP contribution in [0.2, 0.25) is 0 Å². The molecule has 8 nitrogen and oxygen atoms in total. The second-order valence-electron chi connectivity index (χ2n) is 6.37. The Morgan fingerprint density at radius 1 is 1.25 bits per heavy atom. The topological polar surface area (TPSA) is 106 Å². The van der Waals surface area contributed by atoms with E-state index in [0.717, 1.165) is 11.3 Å². The van der Waals surface area contributed by atoms with Crippen LogP contribution in [-0.2, 0) is 11.2 Å². The minimum absolute atomic E-state index is 0.174. The zero-order chi connectivity index (χ0) is 19.7. The van der Waals surface area contributed by atoms with Gasteiger partial charge in [-0.25, -0.2) is 9.97 Å². The average Bonchev–Trinajstić information content (AvgIpc) is 3.29. The highest BCUT2D eigenvalue weighted by molar-refractivity contribution is 7.14. The highest BCUT2D eigenvalue weighted by Gasteiger charge is 2.16. The van der Waals surface area contributed by atoms with Crippen LogP contribution in [0.5, 0.6) is 11.5 Å². The van der Waals surface area contributed by atoms with Crippen LogP contribution in [-0.4, -0.2) is 27.7 Å². The number of aromatic amines is 1. The summed E-state index contributed by atoms with van der Waals surface area (Å²) in [5, 5.41) is 5.16. The lowest BCUT2D eigenvalue weighted by Gasteiger charge is -2.05. The Morgan fingerprint density at radius 3 is 2.89 bits per heavy atom. The number of rotatable bonds is 5. The molecule has 28 heavy (non-hydrogen) atoms. The van der Waals surface area contributed by atoms with E-state index in [1.54, 1.807) is 13.8 Å². The van der Waals surface area contributed by atoms with E-state index in [4.69, 9.17) is 9.47 Å². The smallest absolute Gasteiger partial charge is 0.254 e. The van der Waals surface area contributed by atoms with Crippen LogP contribution >= 0.6 is 11.3 Å². The number of aryl methyl sites for hydroxylation is 2. The number of nitrogens with zero attached hydrogens (tertiary/aromatic N) is 2. The van der Waals surface area contributed by atoms with E-state index in [0.29, 0.717) is 40.1 Å². The van der Waals surface area contributed by atoms with Crippen molar-refractivity contribution in [2.24, 2.45) is 0 Å². The average molecular weight is 398 g/mol. The molecule has 1 aromatic carbocycles. The molecule has 0 atom stereocenters. The fraction of sp³-hybridized carbons (Fsp3) is 0.263. The third-order valence-electron chi connectivity index (χ3n) is 4.36. The highest BCUT2D eigenvalue weighted by atomic mass is 32.1. The van der Waals surface area contributed by atoms with Gasteiger partial charge in [0.25, 0.3) is 5.56 Å². The minimum atomic E-state index is -0.203. The zero-order valence-electron chi connectivity index (χ0n) is 15.4. The number of benzene rings is 1. The SMILES string of the molecule is Cc1nc(C)c(CCC(=O)Nc2nc(-c3ccc4c(c3)OCO4)cs2)c(=O)[nH]1. The lowest BCUT2D eigenvalue weighted by molar-refractivity contribution is -0.116. The van der Waals surface area contributed by atoms with E-state index in [-0.39, 0.29) is 24.7 Å². The van der Waals surface area contributed by atoms with Gasteiger partial charge in [0, 0.05) is 28.6 Å². The molecule has 2 N–H and O–H groups in total. The molecule has 3 aromatic rings. The summed E-state index contributed by atoms with van der Waals surface area (Å²) in [4.78, 5) is 35.6. The molecule has 0 bridgehead atoms. The quantitative estimate of drug-likeness (QED) is 0.685. The molecule has 0 aliphatic carbocycles. The van der Waals surface area contributed by atoms with Crippen LogP contribution in [0.1, 0.15) is 23.5 Å². The van der Waals surface area contributed by atoms with Gasteiger partial charge >= 0.3 is 0 Å². The van der Waals surface area contributed by atoms with Crippen LogP contribution in [0, 0.1) is 13.8 Å². The second-order valence-corrected chi connectivity index (χ2v) is 7.23. The maximum absolute atomic E-state index is 12.3. The van der Waals surface area contributed by atoms with Gasteiger partial charge in [-0.1, -0.05) is 0 Å². The Hall–Kier alpha value is -3.20. The first-order valence-electron chi connectivity index (χ1n) is 8.71. The predicted molar refractivity (Wildman–Crippen MR) is 105 cm³/mol. The molecule has 9 heteroatoms. The molecule has 0 saturated carbocycles. The number of carbonyl (C=O) groups is 1. The molecule has 0 unspecified atom stereocenters. The number of carbonyl (C=O) groups excluding carboxylic acids is 1. The Morgan fingerprint density at radius 2 is 2.07 bits per heavy atom. The number of amides is 1. The summed E-state index contributed by atoms with van der Waals surface area (Å²) in [5.74, 6) is 1.76. The van der Waals surface area contributed by atoms with Crippen molar-refractivity contribution in [3.8, 4) is 22.8 Å². The fourth-order valence-corrected chi connectivity index (χ4v) is 3.72. The molecular formula is C19H18N4O4S. The van der Waals surface area contributed by atoms with Gasteiger partial charge < -0.3 is 19.8 Å². The van der Waals surface area contributed by atoms with Crippen molar-refractivity contribution in [2.75, 3.05) is 12.1 Å². The maximum Gasteiger partial charge on any atom is 0.254 e. The van der Waals surface area contributed by atoms with Gasteiger partial charge in [-0.15, -0.1) is 11.3 Å². The van der Waals surface area contributed by atoms with Gasteiger partial charge in [-0.3, -0.25) is 9.59 Å². The molecule has 0 radical (unpaired) electrons. The summed E-state index contributed by atoms with van der Waals surface area (Å²) in [6.07, 6.45) is 0.494. The number of hydrogen-bond donors (Lipinski definition) is 2. The van der Waals surface area contributed by atoms with Gasteiger partial charge in [-0.05, 0) is 38.5 Å². The van der Waals surface area contributed by atoms with Gasteiger partial charge in [0.15, 0.2) is 16.6 Å².